The maximum Gasteiger partial charge on any atom is 0.416 e. The molecule has 0 fully saturated rings. The van der Waals surface area contributed by atoms with Crippen LogP contribution in [0.2, 0.25) is 0 Å². The average molecular weight is 354 g/mol. The maximum atomic E-state index is 12.5. The van der Waals surface area contributed by atoms with Crippen molar-refractivity contribution in [1.29, 1.82) is 0 Å². The lowest BCUT2D eigenvalue weighted by molar-refractivity contribution is -0.139. The Morgan fingerprint density at radius 3 is 2.12 bits per heavy atom. The molecule has 0 bridgehead atoms. The highest BCUT2D eigenvalue weighted by Crippen LogP contribution is 2.29. The number of halogens is 3. The molecule has 25 heavy (non-hydrogen) atoms. The number of hydrogen-bond donors (Lipinski definition) is 1. The van der Waals surface area contributed by atoms with Gasteiger partial charge in [0.15, 0.2) is 0 Å². The van der Waals surface area contributed by atoms with Gasteiger partial charge in [-0.3, -0.25) is 4.79 Å². The second-order valence-corrected chi connectivity index (χ2v) is 5.48. The van der Waals surface area contributed by atoms with Gasteiger partial charge in [-0.25, -0.2) is 0 Å². The smallest absolute Gasteiger partial charge is 0.416 e. The normalized spacial score (nSPS) is 12.5. The molecule has 0 heterocycles. The Bertz CT molecular complexity index is 694. The first-order valence-corrected chi connectivity index (χ1v) is 7.51. The molecule has 134 valence electrons. The molecule has 2 aromatic carbocycles. The van der Waals surface area contributed by atoms with Crippen molar-refractivity contribution in [1.82, 2.24) is 0 Å². The third-order valence-electron chi connectivity index (χ3n) is 3.31. The number of carboxylic acid groups (broad SMARTS) is 1. The van der Waals surface area contributed by atoms with Crippen LogP contribution in [0, 0.1) is 0 Å². The first-order chi connectivity index (χ1) is 11.7. The van der Waals surface area contributed by atoms with Crippen molar-refractivity contribution in [3.05, 3.63) is 59.7 Å². The van der Waals surface area contributed by atoms with E-state index in [1.54, 1.807) is 31.2 Å². The quantitative estimate of drug-likeness (QED) is 0.794. The largest absolute Gasteiger partial charge is 0.490 e. The van der Waals surface area contributed by atoms with E-state index in [4.69, 9.17) is 14.6 Å². The van der Waals surface area contributed by atoms with E-state index in [0.717, 1.165) is 12.1 Å². The third-order valence-corrected chi connectivity index (χ3v) is 3.31. The predicted octanol–water partition coefficient (Wildman–Crippen LogP) is 4.53. The van der Waals surface area contributed by atoms with E-state index in [0.29, 0.717) is 17.1 Å². The summed E-state index contributed by atoms with van der Waals surface area (Å²) in [6.45, 7) is 1.79. The highest BCUT2D eigenvalue weighted by atomic mass is 19.4. The van der Waals surface area contributed by atoms with Crippen LogP contribution in [0.1, 0.15) is 24.5 Å². The first-order valence-electron chi connectivity index (χ1n) is 7.51. The van der Waals surface area contributed by atoms with Crippen molar-refractivity contribution in [3.8, 4) is 11.5 Å². The van der Waals surface area contributed by atoms with Crippen LogP contribution in [0.3, 0.4) is 0 Å². The predicted molar refractivity (Wildman–Crippen MR) is 84.6 cm³/mol. The Morgan fingerprint density at radius 2 is 1.60 bits per heavy atom. The molecule has 1 N–H and O–H groups in total. The Morgan fingerprint density at radius 1 is 1.04 bits per heavy atom. The van der Waals surface area contributed by atoms with Crippen LogP contribution < -0.4 is 9.47 Å². The van der Waals surface area contributed by atoms with E-state index in [1.807, 2.05) is 0 Å². The number of carbonyl (C=O) groups is 1. The van der Waals surface area contributed by atoms with Crippen molar-refractivity contribution in [2.45, 2.75) is 32.2 Å². The van der Waals surface area contributed by atoms with Crippen molar-refractivity contribution in [3.63, 3.8) is 0 Å². The van der Waals surface area contributed by atoms with E-state index in [1.165, 1.54) is 12.1 Å². The fraction of sp³-hybridized carbons (Fsp3) is 0.278. The topological polar surface area (TPSA) is 55.8 Å². The zero-order valence-electron chi connectivity index (χ0n) is 13.4. The molecule has 0 amide bonds. The lowest BCUT2D eigenvalue weighted by Gasteiger charge is -2.13. The van der Waals surface area contributed by atoms with Crippen LogP contribution in [0.4, 0.5) is 13.2 Å². The summed E-state index contributed by atoms with van der Waals surface area (Å²) in [4.78, 5) is 10.6. The molecule has 0 aliphatic carbocycles. The van der Waals surface area contributed by atoms with Gasteiger partial charge >= 0.3 is 12.1 Å². The van der Waals surface area contributed by atoms with Crippen LogP contribution in [0.15, 0.2) is 48.5 Å². The second-order valence-electron chi connectivity index (χ2n) is 5.48. The molecule has 0 aliphatic rings. The van der Waals surface area contributed by atoms with Gasteiger partial charge in [0.05, 0.1) is 12.0 Å². The van der Waals surface area contributed by atoms with Crippen molar-refractivity contribution in [2.75, 3.05) is 0 Å². The van der Waals surface area contributed by atoms with Crippen LogP contribution in [0.25, 0.3) is 0 Å². The molecule has 2 rings (SSSR count). The fourth-order valence-electron chi connectivity index (χ4n) is 2.09. The minimum atomic E-state index is -4.35. The molecular formula is C18H17F3O4. The molecule has 1 unspecified atom stereocenters. The van der Waals surface area contributed by atoms with Crippen LogP contribution in [0.5, 0.6) is 11.5 Å². The fourth-order valence-corrected chi connectivity index (χ4v) is 2.09. The van der Waals surface area contributed by atoms with Crippen molar-refractivity contribution < 1.29 is 32.5 Å². The summed E-state index contributed by atoms with van der Waals surface area (Å²) in [5.41, 5.74) is -0.0864. The van der Waals surface area contributed by atoms with Crippen LogP contribution >= 0.6 is 0 Å². The van der Waals surface area contributed by atoms with Gasteiger partial charge in [0.2, 0.25) is 0 Å². The Labute approximate surface area is 142 Å². The molecule has 0 saturated heterocycles. The van der Waals surface area contributed by atoms with Crippen LogP contribution in [-0.2, 0) is 17.6 Å². The molecule has 2 aromatic rings. The molecule has 4 nitrogen and oxygen atoms in total. The molecule has 1 atom stereocenters. The molecule has 0 spiro atoms. The zero-order valence-corrected chi connectivity index (χ0v) is 13.4. The highest BCUT2D eigenvalue weighted by Gasteiger charge is 2.29. The first kappa shape index (κ1) is 18.6. The Balaban J connectivity index is 1.88. The third kappa shape index (κ3) is 6.02. The zero-order chi connectivity index (χ0) is 18.4. The van der Waals surface area contributed by atoms with Gasteiger partial charge in [0.1, 0.15) is 24.2 Å². The molecule has 7 heteroatoms. The monoisotopic (exact) mass is 354 g/mol. The van der Waals surface area contributed by atoms with Crippen LogP contribution in [-0.4, -0.2) is 17.2 Å². The summed E-state index contributed by atoms with van der Waals surface area (Å²) >= 11 is 0. The van der Waals surface area contributed by atoms with Gasteiger partial charge in [-0.2, -0.15) is 13.2 Å². The van der Waals surface area contributed by atoms with Gasteiger partial charge in [0, 0.05) is 0 Å². The molecule has 0 aliphatic heterocycles. The van der Waals surface area contributed by atoms with E-state index in [9.17, 15) is 18.0 Å². The summed E-state index contributed by atoms with van der Waals surface area (Å²) in [7, 11) is 0. The van der Waals surface area contributed by atoms with Gasteiger partial charge in [-0.15, -0.1) is 0 Å². The lowest BCUT2D eigenvalue weighted by atomic mass is 10.1. The Hall–Kier alpha value is -2.70. The van der Waals surface area contributed by atoms with Gasteiger partial charge in [0.25, 0.3) is 0 Å². The van der Waals surface area contributed by atoms with Crippen molar-refractivity contribution in [2.24, 2.45) is 0 Å². The van der Waals surface area contributed by atoms with Gasteiger partial charge in [-0.05, 0) is 48.9 Å². The standard InChI is InChI=1S/C18H17F3O4/c1-12(10-17(22)23)25-16-8-6-15(7-9-16)24-11-13-2-4-14(5-3-13)18(19,20)21/h2-9,12H,10-11H2,1H3,(H,22,23). The molecule has 0 saturated carbocycles. The van der Waals surface area contributed by atoms with E-state index in [2.05, 4.69) is 0 Å². The minimum Gasteiger partial charge on any atom is -0.490 e. The van der Waals surface area contributed by atoms with Gasteiger partial charge < -0.3 is 14.6 Å². The number of hydrogen-bond acceptors (Lipinski definition) is 3. The molecule has 0 aromatic heterocycles. The Kier molecular flexibility index (Phi) is 5.90. The minimum absolute atomic E-state index is 0.105. The average Bonchev–Trinajstić information content (AvgIpc) is 2.53. The summed E-state index contributed by atoms with van der Waals surface area (Å²) in [5.74, 6) is 0.0951. The lowest BCUT2D eigenvalue weighted by Crippen LogP contribution is -2.16. The summed E-state index contributed by atoms with van der Waals surface area (Å²) < 4.78 is 48.4. The summed E-state index contributed by atoms with van der Waals surface area (Å²) in [6, 6.07) is 11.3. The van der Waals surface area contributed by atoms with E-state index in [-0.39, 0.29) is 13.0 Å². The number of rotatable bonds is 7. The number of alkyl halides is 3. The summed E-state index contributed by atoms with van der Waals surface area (Å²) in [5, 5.41) is 8.68. The summed E-state index contributed by atoms with van der Waals surface area (Å²) in [6.07, 6.45) is -4.92. The highest BCUT2D eigenvalue weighted by molar-refractivity contribution is 5.67. The van der Waals surface area contributed by atoms with E-state index < -0.39 is 23.8 Å². The molecular weight excluding hydrogens is 337 g/mol. The number of benzene rings is 2. The number of carboxylic acids is 1. The number of aliphatic carboxylic acids is 1. The second kappa shape index (κ2) is 7.92. The number of ether oxygens (including phenoxy) is 2. The van der Waals surface area contributed by atoms with E-state index >= 15 is 0 Å². The maximum absolute atomic E-state index is 12.5. The SMILES string of the molecule is CC(CC(=O)O)Oc1ccc(OCc2ccc(C(F)(F)F)cc2)cc1. The van der Waals surface area contributed by atoms with Gasteiger partial charge in [-0.1, -0.05) is 12.1 Å². The molecule has 0 radical (unpaired) electrons. The van der Waals surface area contributed by atoms with Crippen molar-refractivity contribution >= 4 is 5.97 Å².